The second-order valence-corrected chi connectivity index (χ2v) is 9.46. The van der Waals surface area contributed by atoms with E-state index in [2.05, 4.69) is 5.32 Å². The molecule has 1 amide bonds. The van der Waals surface area contributed by atoms with Gasteiger partial charge in [-0.1, -0.05) is 19.9 Å². The van der Waals surface area contributed by atoms with Gasteiger partial charge in [-0.2, -0.15) is 4.31 Å². The third-order valence-corrected chi connectivity index (χ3v) is 7.04. The van der Waals surface area contributed by atoms with Crippen molar-refractivity contribution in [3.8, 4) is 5.75 Å². The van der Waals surface area contributed by atoms with E-state index in [4.69, 9.17) is 4.74 Å². The summed E-state index contributed by atoms with van der Waals surface area (Å²) in [6, 6.07) is 5.60. The number of carbonyl (C=O) groups excluding carboxylic acids is 1. The second-order valence-electron chi connectivity index (χ2n) is 7.55. The number of amides is 1. The first kappa shape index (κ1) is 19.2. The van der Waals surface area contributed by atoms with Crippen LogP contribution in [0.3, 0.4) is 0 Å². The number of hydrogen-bond acceptors (Lipinski definition) is 4. The van der Waals surface area contributed by atoms with E-state index in [-0.39, 0.29) is 35.2 Å². The van der Waals surface area contributed by atoms with Crippen molar-refractivity contribution in [3.05, 3.63) is 23.8 Å². The predicted molar refractivity (Wildman–Crippen MR) is 99.7 cm³/mol. The summed E-state index contributed by atoms with van der Waals surface area (Å²) in [5, 5.41) is 3.00. The summed E-state index contributed by atoms with van der Waals surface area (Å²) < 4.78 is 33.3. The molecule has 0 aromatic heterocycles. The smallest absolute Gasteiger partial charge is 0.246 e. The fourth-order valence-corrected chi connectivity index (χ4v) is 5.03. The van der Waals surface area contributed by atoms with Crippen LogP contribution in [0.4, 0.5) is 0 Å². The molecule has 1 saturated heterocycles. The SMILES string of the molecule is COc1ccc(C(C)C)cc1S(=O)(=O)N1CCC[C@H](C(=O)NC2CC2)C1. The molecule has 2 aliphatic rings. The van der Waals surface area contributed by atoms with E-state index < -0.39 is 10.0 Å². The Kier molecular flexibility index (Phi) is 5.58. The average Bonchev–Trinajstić information content (AvgIpc) is 3.45. The number of sulfonamides is 1. The fourth-order valence-electron chi connectivity index (χ4n) is 3.31. The predicted octanol–water partition coefficient (Wildman–Crippen LogP) is 2.50. The zero-order valence-corrected chi connectivity index (χ0v) is 16.5. The van der Waals surface area contributed by atoms with Gasteiger partial charge in [-0.25, -0.2) is 8.42 Å². The summed E-state index contributed by atoms with van der Waals surface area (Å²) >= 11 is 0. The highest BCUT2D eigenvalue weighted by atomic mass is 32.2. The average molecular weight is 381 g/mol. The summed E-state index contributed by atoms with van der Waals surface area (Å²) in [5.41, 5.74) is 0.949. The van der Waals surface area contributed by atoms with Crippen LogP contribution in [0.15, 0.2) is 23.1 Å². The minimum absolute atomic E-state index is 0.0182. The van der Waals surface area contributed by atoms with Crippen LogP contribution in [0, 0.1) is 5.92 Å². The number of ether oxygens (including phenoxy) is 1. The first-order chi connectivity index (χ1) is 12.3. The van der Waals surface area contributed by atoms with Crippen LogP contribution in [0.5, 0.6) is 5.75 Å². The molecule has 1 N–H and O–H groups in total. The van der Waals surface area contributed by atoms with Crippen LogP contribution in [0.25, 0.3) is 0 Å². The first-order valence-electron chi connectivity index (χ1n) is 9.31. The van der Waals surface area contributed by atoms with Crippen molar-refractivity contribution in [1.29, 1.82) is 0 Å². The van der Waals surface area contributed by atoms with E-state index >= 15 is 0 Å². The molecule has 7 heteroatoms. The van der Waals surface area contributed by atoms with Gasteiger partial charge >= 0.3 is 0 Å². The molecule has 0 bridgehead atoms. The van der Waals surface area contributed by atoms with E-state index in [1.807, 2.05) is 19.9 Å². The monoisotopic (exact) mass is 380 g/mol. The number of benzene rings is 1. The Morgan fingerprint density at radius 2 is 2.00 bits per heavy atom. The molecule has 1 aliphatic carbocycles. The van der Waals surface area contributed by atoms with Gasteiger partial charge in [0.05, 0.1) is 13.0 Å². The van der Waals surface area contributed by atoms with Gasteiger partial charge in [-0.05, 0) is 49.3 Å². The summed E-state index contributed by atoms with van der Waals surface area (Å²) in [4.78, 5) is 12.6. The lowest BCUT2D eigenvalue weighted by molar-refractivity contribution is -0.126. The van der Waals surface area contributed by atoms with E-state index in [1.54, 1.807) is 12.1 Å². The third-order valence-electron chi connectivity index (χ3n) is 5.15. The molecule has 0 spiro atoms. The molecule has 144 valence electrons. The maximum Gasteiger partial charge on any atom is 0.246 e. The quantitative estimate of drug-likeness (QED) is 0.823. The second kappa shape index (κ2) is 7.56. The molecular formula is C19H28N2O4S. The molecule has 1 heterocycles. The topological polar surface area (TPSA) is 75.7 Å². The zero-order chi connectivity index (χ0) is 18.9. The number of nitrogens with one attached hydrogen (secondary N) is 1. The minimum atomic E-state index is -3.71. The van der Waals surface area contributed by atoms with Crippen LogP contribution in [-0.2, 0) is 14.8 Å². The maximum atomic E-state index is 13.3. The lowest BCUT2D eigenvalue weighted by atomic mass is 9.99. The van der Waals surface area contributed by atoms with E-state index in [0.717, 1.165) is 24.8 Å². The van der Waals surface area contributed by atoms with Gasteiger partial charge in [0, 0.05) is 19.1 Å². The van der Waals surface area contributed by atoms with E-state index in [0.29, 0.717) is 18.7 Å². The molecule has 1 aromatic carbocycles. The number of piperidine rings is 1. The Labute approximate surface area is 156 Å². The molecule has 6 nitrogen and oxygen atoms in total. The van der Waals surface area contributed by atoms with Gasteiger partial charge in [0.25, 0.3) is 0 Å². The Balaban J connectivity index is 1.84. The highest BCUT2D eigenvalue weighted by Gasteiger charge is 2.36. The van der Waals surface area contributed by atoms with Gasteiger partial charge in [0.15, 0.2) is 0 Å². The standard InChI is InChI=1S/C19H28N2O4S/c1-13(2)14-6-9-17(25-3)18(11-14)26(23,24)21-10-4-5-15(12-21)19(22)20-16-7-8-16/h6,9,11,13,15-16H,4-5,7-8,10,12H2,1-3H3,(H,20,22)/t15-/m0/s1. The lowest BCUT2D eigenvalue weighted by Crippen LogP contribution is -2.45. The van der Waals surface area contributed by atoms with Gasteiger partial charge in [0.2, 0.25) is 15.9 Å². The van der Waals surface area contributed by atoms with Crippen LogP contribution in [-0.4, -0.2) is 44.9 Å². The molecule has 0 radical (unpaired) electrons. The van der Waals surface area contributed by atoms with Crippen LogP contribution in [0.2, 0.25) is 0 Å². The molecule has 1 aromatic rings. The van der Waals surface area contributed by atoms with Crippen LogP contribution in [0.1, 0.15) is 51.0 Å². The first-order valence-corrected chi connectivity index (χ1v) is 10.8. The maximum absolute atomic E-state index is 13.3. The van der Waals surface area contributed by atoms with Crippen molar-refractivity contribution in [2.75, 3.05) is 20.2 Å². The zero-order valence-electron chi connectivity index (χ0n) is 15.7. The summed E-state index contributed by atoms with van der Waals surface area (Å²) in [6.45, 7) is 4.72. The molecule has 2 fully saturated rings. The van der Waals surface area contributed by atoms with Crippen LogP contribution >= 0.6 is 0 Å². The molecule has 1 saturated carbocycles. The Hall–Kier alpha value is -1.60. The minimum Gasteiger partial charge on any atom is -0.495 e. The molecule has 1 aliphatic heterocycles. The normalized spacial score (nSPS) is 21.6. The van der Waals surface area contributed by atoms with Crippen molar-refractivity contribution in [3.63, 3.8) is 0 Å². The molecule has 0 unspecified atom stereocenters. The Morgan fingerprint density at radius 3 is 2.62 bits per heavy atom. The summed E-state index contributed by atoms with van der Waals surface area (Å²) in [6.07, 6.45) is 3.47. The van der Waals surface area contributed by atoms with E-state index in [9.17, 15) is 13.2 Å². The van der Waals surface area contributed by atoms with Crippen molar-refractivity contribution >= 4 is 15.9 Å². The number of rotatable bonds is 6. The van der Waals surface area contributed by atoms with Gasteiger partial charge in [-0.15, -0.1) is 0 Å². The highest BCUT2D eigenvalue weighted by molar-refractivity contribution is 7.89. The molecular weight excluding hydrogens is 352 g/mol. The summed E-state index contributed by atoms with van der Waals surface area (Å²) in [5.74, 6) is 0.265. The Morgan fingerprint density at radius 1 is 1.27 bits per heavy atom. The lowest BCUT2D eigenvalue weighted by Gasteiger charge is -2.31. The number of methoxy groups -OCH3 is 1. The number of carbonyl (C=O) groups is 1. The largest absolute Gasteiger partial charge is 0.495 e. The van der Waals surface area contributed by atoms with Gasteiger partial charge in [-0.3, -0.25) is 4.79 Å². The van der Waals surface area contributed by atoms with Crippen molar-refractivity contribution in [1.82, 2.24) is 9.62 Å². The highest BCUT2D eigenvalue weighted by Crippen LogP contribution is 2.32. The fraction of sp³-hybridized carbons (Fsp3) is 0.632. The van der Waals surface area contributed by atoms with Crippen LogP contribution < -0.4 is 10.1 Å². The van der Waals surface area contributed by atoms with Crippen molar-refractivity contribution in [2.24, 2.45) is 5.92 Å². The van der Waals surface area contributed by atoms with Crippen molar-refractivity contribution in [2.45, 2.75) is 56.4 Å². The van der Waals surface area contributed by atoms with Gasteiger partial charge < -0.3 is 10.1 Å². The van der Waals surface area contributed by atoms with Gasteiger partial charge in [0.1, 0.15) is 10.6 Å². The molecule has 26 heavy (non-hydrogen) atoms. The third kappa shape index (κ3) is 4.04. The Bertz CT molecular complexity index is 772. The number of nitrogens with zero attached hydrogens (tertiary/aromatic N) is 1. The molecule has 3 rings (SSSR count). The summed E-state index contributed by atoms with van der Waals surface area (Å²) in [7, 11) is -2.23. The number of hydrogen-bond donors (Lipinski definition) is 1. The van der Waals surface area contributed by atoms with E-state index in [1.165, 1.54) is 11.4 Å². The van der Waals surface area contributed by atoms with Crippen molar-refractivity contribution < 1.29 is 17.9 Å². The molecule has 1 atom stereocenters.